The van der Waals surface area contributed by atoms with Crippen molar-refractivity contribution in [3.05, 3.63) is 69.8 Å². The van der Waals surface area contributed by atoms with Gasteiger partial charge in [-0.15, -0.1) is 0 Å². The molecule has 2 aromatic rings. The molecule has 24 heavy (non-hydrogen) atoms. The van der Waals surface area contributed by atoms with Crippen molar-refractivity contribution >= 4 is 34.7 Å². The van der Waals surface area contributed by atoms with Gasteiger partial charge in [-0.25, -0.2) is 4.90 Å². The maximum absolute atomic E-state index is 12.8. The topological polar surface area (TPSA) is 37.4 Å². The highest BCUT2D eigenvalue weighted by Gasteiger charge is 2.39. The van der Waals surface area contributed by atoms with E-state index in [1.165, 1.54) is 0 Å². The number of hydrogen-bond donors (Lipinski definition) is 0. The highest BCUT2D eigenvalue weighted by atomic mass is 35.5. The van der Waals surface area contributed by atoms with Crippen molar-refractivity contribution in [1.29, 1.82) is 0 Å². The molecule has 3 rings (SSSR count). The molecule has 1 aliphatic rings. The first-order chi connectivity index (χ1) is 11.4. The first kappa shape index (κ1) is 16.5. The third kappa shape index (κ3) is 2.65. The monoisotopic (exact) mass is 339 g/mol. The minimum absolute atomic E-state index is 0.0252. The average molecular weight is 340 g/mol. The molecule has 0 aliphatic carbocycles. The molecule has 3 nitrogen and oxygen atoms in total. The second kappa shape index (κ2) is 6.25. The van der Waals surface area contributed by atoms with Crippen LogP contribution in [0.1, 0.15) is 29.2 Å². The molecule has 1 aliphatic heterocycles. The average Bonchev–Trinajstić information content (AvgIpc) is 2.80. The fraction of sp³-hybridized carbons (Fsp3) is 0.200. The molecule has 0 fully saturated rings. The quantitative estimate of drug-likeness (QED) is 0.778. The number of benzene rings is 2. The van der Waals surface area contributed by atoms with Gasteiger partial charge in [0.1, 0.15) is 5.03 Å². The van der Waals surface area contributed by atoms with Crippen LogP contribution in [0, 0.1) is 13.8 Å². The number of rotatable bonds is 3. The minimum atomic E-state index is -0.473. The molecule has 0 unspecified atom stereocenters. The molecule has 0 spiro atoms. The van der Waals surface area contributed by atoms with Crippen LogP contribution in [0.5, 0.6) is 0 Å². The summed E-state index contributed by atoms with van der Waals surface area (Å²) in [6.45, 7) is 6.02. The van der Waals surface area contributed by atoms with Gasteiger partial charge in [0.25, 0.3) is 11.8 Å². The number of aryl methyl sites for hydroxylation is 3. The van der Waals surface area contributed by atoms with E-state index in [0.717, 1.165) is 28.0 Å². The van der Waals surface area contributed by atoms with Crippen molar-refractivity contribution in [1.82, 2.24) is 0 Å². The van der Waals surface area contributed by atoms with Crippen molar-refractivity contribution in [3.63, 3.8) is 0 Å². The lowest BCUT2D eigenvalue weighted by Crippen LogP contribution is -2.31. The predicted molar refractivity (Wildman–Crippen MR) is 97.0 cm³/mol. The Morgan fingerprint density at radius 2 is 1.58 bits per heavy atom. The lowest BCUT2D eigenvalue weighted by atomic mass is 10.0. The van der Waals surface area contributed by atoms with Crippen LogP contribution >= 0.6 is 11.6 Å². The largest absolute Gasteiger partial charge is 0.277 e. The first-order valence-corrected chi connectivity index (χ1v) is 8.27. The zero-order valence-corrected chi connectivity index (χ0v) is 14.6. The fourth-order valence-corrected chi connectivity index (χ4v) is 3.04. The second-order valence-corrected chi connectivity index (χ2v) is 6.33. The van der Waals surface area contributed by atoms with Crippen LogP contribution < -0.4 is 4.90 Å². The fourth-order valence-electron chi connectivity index (χ4n) is 2.77. The van der Waals surface area contributed by atoms with E-state index in [2.05, 4.69) is 6.92 Å². The maximum atomic E-state index is 12.8. The zero-order valence-electron chi connectivity index (χ0n) is 13.9. The molecule has 2 amide bonds. The molecule has 4 heteroatoms. The molecule has 122 valence electrons. The van der Waals surface area contributed by atoms with Crippen molar-refractivity contribution in [2.45, 2.75) is 27.2 Å². The normalized spacial score (nSPS) is 14.8. The zero-order chi connectivity index (χ0) is 17.4. The summed E-state index contributed by atoms with van der Waals surface area (Å²) in [6.07, 6.45) is 0.898. The Hall–Kier alpha value is -2.39. The van der Waals surface area contributed by atoms with Gasteiger partial charge in [-0.3, -0.25) is 9.59 Å². The van der Waals surface area contributed by atoms with Gasteiger partial charge in [-0.2, -0.15) is 0 Å². The van der Waals surface area contributed by atoms with Crippen molar-refractivity contribution in [2.75, 3.05) is 4.90 Å². The van der Waals surface area contributed by atoms with Crippen LogP contribution in [0.25, 0.3) is 5.57 Å². The standard InChI is InChI=1S/C20H18ClNO2/c1-4-14-6-9-16(10-7-14)22-19(23)17(18(21)20(22)24)15-8-5-12(2)13(3)11-15/h5-11H,4H2,1-3H3. The van der Waals surface area contributed by atoms with Crippen LogP contribution in [0.4, 0.5) is 5.69 Å². The van der Waals surface area contributed by atoms with Crippen LogP contribution in [0.2, 0.25) is 0 Å². The Kier molecular flexibility index (Phi) is 4.29. The van der Waals surface area contributed by atoms with Crippen LogP contribution in [-0.4, -0.2) is 11.8 Å². The molecule has 0 aromatic heterocycles. The number of hydrogen-bond acceptors (Lipinski definition) is 2. The lowest BCUT2D eigenvalue weighted by Gasteiger charge is -2.15. The summed E-state index contributed by atoms with van der Waals surface area (Å²) in [5.74, 6) is -0.850. The van der Waals surface area contributed by atoms with Crippen molar-refractivity contribution in [3.8, 4) is 0 Å². The molecule has 2 aromatic carbocycles. The van der Waals surface area contributed by atoms with Crippen molar-refractivity contribution < 1.29 is 9.59 Å². The molecule has 0 atom stereocenters. The Bertz CT molecular complexity index is 866. The smallest absolute Gasteiger partial charge is 0.268 e. The van der Waals surface area contributed by atoms with Gasteiger partial charge in [-0.1, -0.05) is 48.9 Å². The number of carbonyl (C=O) groups excluding carboxylic acids is 2. The lowest BCUT2D eigenvalue weighted by molar-refractivity contribution is -0.119. The molecular weight excluding hydrogens is 322 g/mol. The maximum Gasteiger partial charge on any atom is 0.277 e. The number of anilines is 1. The van der Waals surface area contributed by atoms with Gasteiger partial charge in [0.2, 0.25) is 0 Å². The number of nitrogens with zero attached hydrogens (tertiary/aromatic N) is 1. The highest BCUT2D eigenvalue weighted by molar-refractivity contribution is 6.60. The summed E-state index contributed by atoms with van der Waals surface area (Å²) in [5, 5.41) is -0.0252. The summed E-state index contributed by atoms with van der Waals surface area (Å²) in [6, 6.07) is 13.0. The van der Waals surface area contributed by atoms with Gasteiger partial charge in [0.05, 0.1) is 11.3 Å². The Balaban J connectivity index is 2.02. The van der Waals surface area contributed by atoms with Crippen molar-refractivity contribution in [2.24, 2.45) is 0 Å². The third-order valence-electron chi connectivity index (χ3n) is 4.43. The van der Waals surface area contributed by atoms with E-state index in [-0.39, 0.29) is 16.5 Å². The molecule has 0 saturated carbocycles. The second-order valence-electron chi connectivity index (χ2n) is 5.95. The molecule has 1 heterocycles. The van der Waals surface area contributed by atoms with E-state index >= 15 is 0 Å². The van der Waals surface area contributed by atoms with Crippen LogP contribution in [0.15, 0.2) is 47.5 Å². The Morgan fingerprint density at radius 3 is 2.17 bits per heavy atom. The van der Waals surface area contributed by atoms with E-state index in [1.54, 1.807) is 12.1 Å². The van der Waals surface area contributed by atoms with E-state index in [9.17, 15) is 9.59 Å². The Labute approximate surface area is 146 Å². The van der Waals surface area contributed by atoms with Gasteiger partial charge in [0, 0.05) is 0 Å². The number of amides is 2. The Morgan fingerprint density at radius 1 is 0.917 bits per heavy atom. The summed E-state index contributed by atoms with van der Waals surface area (Å²) < 4.78 is 0. The van der Waals surface area contributed by atoms with Gasteiger partial charge in [0.15, 0.2) is 0 Å². The molecule has 0 radical (unpaired) electrons. The van der Waals surface area contributed by atoms with Gasteiger partial charge in [-0.05, 0) is 54.7 Å². The third-order valence-corrected chi connectivity index (χ3v) is 4.78. The minimum Gasteiger partial charge on any atom is -0.268 e. The summed E-state index contributed by atoms with van der Waals surface area (Å²) >= 11 is 6.22. The van der Waals surface area contributed by atoms with Gasteiger partial charge >= 0.3 is 0 Å². The van der Waals surface area contributed by atoms with E-state index < -0.39 is 5.91 Å². The van der Waals surface area contributed by atoms with E-state index in [1.807, 2.05) is 44.2 Å². The molecule has 0 saturated heterocycles. The molecule has 0 N–H and O–H groups in total. The number of halogens is 1. The summed E-state index contributed by atoms with van der Waals surface area (Å²) in [5.41, 5.74) is 4.80. The van der Waals surface area contributed by atoms with E-state index in [4.69, 9.17) is 11.6 Å². The molecular formula is C20H18ClNO2. The van der Waals surface area contributed by atoms with Gasteiger partial charge < -0.3 is 0 Å². The number of imide groups is 1. The summed E-state index contributed by atoms with van der Waals surface area (Å²) in [7, 11) is 0. The predicted octanol–water partition coefficient (Wildman–Crippen LogP) is 4.39. The summed E-state index contributed by atoms with van der Waals surface area (Å²) in [4.78, 5) is 26.5. The van der Waals surface area contributed by atoms with Crippen LogP contribution in [0.3, 0.4) is 0 Å². The highest BCUT2D eigenvalue weighted by Crippen LogP contribution is 2.35. The number of carbonyl (C=O) groups is 2. The molecule has 0 bridgehead atoms. The van der Waals surface area contributed by atoms with Crippen LogP contribution in [-0.2, 0) is 16.0 Å². The first-order valence-electron chi connectivity index (χ1n) is 7.89. The van der Waals surface area contributed by atoms with E-state index in [0.29, 0.717) is 11.3 Å². The SMILES string of the molecule is CCc1ccc(N2C(=O)C(Cl)=C(c3ccc(C)c(C)c3)C2=O)cc1.